The molecule has 1 aromatic heterocycles. The molecular formula is C19H23NOS. The summed E-state index contributed by atoms with van der Waals surface area (Å²) in [5.74, 6) is 0.775. The molecule has 0 saturated heterocycles. The van der Waals surface area contributed by atoms with E-state index in [0.717, 1.165) is 18.6 Å². The summed E-state index contributed by atoms with van der Waals surface area (Å²) in [6.07, 6.45) is 10.1. The highest BCUT2D eigenvalue weighted by atomic mass is 32.2. The number of aliphatic hydroxyl groups is 1. The van der Waals surface area contributed by atoms with Crippen LogP contribution in [0.25, 0.3) is 0 Å². The normalized spacial score (nSPS) is 15.3. The van der Waals surface area contributed by atoms with Gasteiger partial charge in [0.15, 0.2) is 0 Å². The van der Waals surface area contributed by atoms with Crippen LogP contribution in [-0.4, -0.2) is 21.9 Å². The molecule has 3 heteroatoms. The lowest BCUT2D eigenvalue weighted by Gasteiger charge is -2.19. The Labute approximate surface area is 137 Å². The third-order valence-corrected chi connectivity index (χ3v) is 5.52. The molecule has 2 aromatic rings. The zero-order valence-corrected chi connectivity index (χ0v) is 13.7. The first-order chi connectivity index (χ1) is 10.8. The summed E-state index contributed by atoms with van der Waals surface area (Å²) in [5.41, 5.74) is 4.24. The molecule has 1 unspecified atom stereocenters. The molecule has 1 heterocycles. The lowest BCUT2D eigenvalue weighted by atomic mass is 9.92. The van der Waals surface area contributed by atoms with Crippen LogP contribution in [0.2, 0.25) is 0 Å². The van der Waals surface area contributed by atoms with Crippen molar-refractivity contribution < 1.29 is 5.11 Å². The van der Waals surface area contributed by atoms with Gasteiger partial charge in [-0.2, -0.15) is 0 Å². The average molecular weight is 313 g/mol. The Morgan fingerprint density at radius 2 is 2.05 bits per heavy atom. The number of hydrogen-bond acceptors (Lipinski definition) is 3. The maximum atomic E-state index is 10.2. The molecular weight excluding hydrogens is 290 g/mol. The molecule has 0 spiro atoms. The summed E-state index contributed by atoms with van der Waals surface area (Å²) < 4.78 is 0. The number of aryl methyl sites for hydroxylation is 2. The molecule has 116 valence electrons. The number of rotatable bonds is 6. The summed E-state index contributed by atoms with van der Waals surface area (Å²) in [4.78, 5) is 5.49. The van der Waals surface area contributed by atoms with E-state index < -0.39 is 0 Å². The first-order valence-corrected chi connectivity index (χ1v) is 9.12. The summed E-state index contributed by atoms with van der Waals surface area (Å²) in [5, 5.41) is 10.2. The summed E-state index contributed by atoms with van der Waals surface area (Å²) in [7, 11) is 0. The number of benzene rings is 1. The van der Waals surface area contributed by atoms with Gasteiger partial charge in [0.05, 0.1) is 6.10 Å². The molecule has 1 N–H and O–H groups in total. The SMILES string of the molecule is OC(CCc1cccnc1)CSc1cccc2c1CCCC2. The number of hydrogen-bond donors (Lipinski definition) is 1. The van der Waals surface area contributed by atoms with Crippen molar-refractivity contribution >= 4 is 11.8 Å². The molecule has 22 heavy (non-hydrogen) atoms. The van der Waals surface area contributed by atoms with E-state index in [1.54, 1.807) is 6.20 Å². The van der Waals surface area contributed by atoms with Crippen LogP contribution in [0.4, 0.5) is 0 Å². The predicted octanol–water partition coefficient (Wildman–Crippen LogP) is 4.05. The Hall–Kier alpha value is -1.32. The van der Waals surface area contributed by atoms with Crippen molar-refractivity contribution in [1.29, 1.82) is 0 Å². The molecule has 0 saturated carbocycles. The summed E-state index contributed by atoms with van der Waals surface area (Å²) >= 11 is 1.81. The third kappa shape index (κ3) is 4.11. The number of aliphatic hydroxyl groups excluding tert-OH is 1. The molecule has 2 nitrogen and oxygen atoms in total. The minimum atomic E-state index is -0.260. The lowest BCUT2D eigenvalue weighted by Crippen LogP contribution is -2.12. The van der Waals surface area contributed by atoms with Crippen molar-refractivity contribution in [3.8, 4) is 0 Å². The van der Waals surface area contributed by atoms with E-state index in [2.05, 4.69) is 29.2 Å². The zero-order valence-electron chi connectivity index (χ0n) is 12.9. The van der Waals surface area contributed by atoms with Gasteiger partial charge >= 0.3 is 0 Å². The van der Waals surface area contributed by atoms with E-state index in [-0.39, 0.29) is 6.10 Å². The van der Waals surface area contributed by atoms with Crippen LogP contribution < -0.4 is 0 Å². The lowest BCUT2D eigenvalue weighted by molar-refractivity contribution is 0.189. The maximum absolute atomic E-state index is 10.2. The Balaban J connectivity index is 1.52. The van der Waals surface area contributed by atoms with Gasteiger partial charge < -0.3 is 5.11 Å². The smallest absolute Gasteiger partial charge is 0.0637 e. The van der Waals surface area contributed by atoms with E-state index in [1.165, 1.54) is 47.3 Å². The third-order valence-electron chi connectivity index (χ3n) is 4.27. The van der Waals surface area contributed by atoms with Crippen LogP contribution in [0.5, 0.6) is 0 Å². The number of nitrogens with zero attached hydrogens (tertiary/aromatic N) is 1. The Morgan fingerprint density at radius 3 is 2.91 bits per heavy atom. The zero-order chi connectivity index (χ0) is 15.2. The number of pyridine rings is 1. The van der Waals surface area contributed by atoms with Gasteiger partial charge in [0.2, 0.25) is 0 Å². The van der Waals surface area contributed by atoms with Gasteiger partial charge in [-0.1, -0.05) is 18.2 Å². The highest BCUT2D eigenvalue weighted by Crippen LogP contribution is 2.31. The van der Waals surface area contributed by atoms with E-state index in [4.69, 9.17) is 0 Å². The Kier molecular flexibility index (Phi) is 5.52. The van der Waals surface area contributed by atoms with Gasteiger partial charge in [0.25, 0.3) is 0 Å². The van der Waals surface area contributed by atoms with Gasteiger partial charge in [-0.15, -0.1) is 11.8 Å². The predicted molar refractivity (Wildman–Crippen MR) is 92.4 cm³/mol. The van der Waals surface area contributed by atoms with Gasteiger partial charge in [0.1, 0.15) is 0 Å². The second-order valence-electron chi connectivity index (χ2n) is 5.97. The standard InChI is InChI=1S/C19H23NOS/c21-17(11-10-15-5-4-12-20-13-15)14-22-19-9-3-7-16-6-1-2-8-18(16)19/h3-5,7,9,12-13,17,21H,1-2,6,8,10-11,14H2. The first kappa shape index (κ1) is 15.6. The number of fused-ring (bicyclic) bond motifs is 1. The maximum Gasteiger partial charge on any atom is 0.0637 e. The molecule has 0 fully saturated rings. The van der Waals surface area contributed by atoms with Gasteiger partial charge in [-0.25, -0.2) is 0 Å². The molecule has 0 aliphatic heterocycles. The second kappa shape index (κ2) is 7.80. The number of aromatic nitrogens is 1. The topological polar surface area (TPSA) is 33.1 Å². The monoisotopic (exact) mass is 313 g/mol. The largest absolute Gasteiger partial charge is 0.392 e. The van der Waals surface area contributed by atoms with Crippen molar-refractivity contribution in [2.75, 3.05) is 5.75 Å². The molecule has 0 bridgehead atoms. The molecule has 1 aromatic carbocycles. The van der Waals surface area contributed by atoms with Crippen molar-refractivity contribution in [2.45, 2.75) is 49.5 Å². The van der Waals surface area contributed by atoms with E-state index >= 15 is 0 Å². The van der Waals surface area contributed by atoms with Crippen LogP contribution >= 0.6 is 11.8 Å². The van der Waals surface area contributed by atoms with Crippen LogP contribution in [0.1, 0.15) is 36.0 Å². The van der Waals surface area contributed by atoms with Gasteiger partial charge in [-0.3, -0.25) is 4.98 Å². The second-order valence-corrected chi connectivity index (χ2v) is 7.03. The van der Waals surface area contributed by atoms with Crippen molar-refractivity contribution in [1.82, 2.24) is 4.98 Å². The highest BCUT2D eigenvalue weighted by molar-refractivity contribution is 7.99. The van der Waals surface area contributed by atoms with Gasteiger partial charge in [-0.05, 0) is 67.3 Å². The molecule has 0 radical (unpaired) electrons. The van der Waals surface area contributed by atoms with Crippen molar-refractivity contribution in [2.24, 2.45) is 0 Å². The minimum absolute atomic E-state index is 0.260. The van der Waals surface area contributed by atoms with Crippen LogP contribution in [0, 0.1) is 0 Å². The Morgan fingerprint density at radius 1 is 1.14 bits per heavy atom. The minimum Gasteiger partial charge on any atom is -0.392 e. The first-order valence-electron chi connectivity index (χ1n) is 8.13. The van der Waals surface area contributed by atoms with Crippen molar-refractivity contribution in [3.63, 3.8) is 0 Å². The highest BCUT2D eigenvalue weighted by Gasteiger charge is 2.14. The van der Waals surface area contributed by atoms with Gasteiger partial charge in [0, 0.05) is 23.0 Å². The summed E-state index contributed by atoms with van der Waals surface area (Å²) in [6, 6.07) is 10.7. The summed E-state index contributed by atoms with van der Waals surface area (Å²) in [6.45, 7) is 0. The van der Waals surface area contributed by atoms with E-state index in [1.807, 2.05) is 24.0 Å². The van der Waals surface area contributed by atoms with Crippen LogP contribution in [0.3, 0.4) is 0 Å². The van der Waals surface area contributed by atoms with E-state index in [9.17, 15) is 5.11 Å². The molecule has 3 rings (SSSR count). The molecule has 0 amide bonds. The van der Waals surface area contributed by atoms with Crippen molar-refractivity contribution in [3.05, 3.63) is 59.4 Å². The van der Waals surface area contributed by atoms with Crippen LogP contribution in [0.15, 0.2) is 47.6 Å². The Bertz CT molecular complexity index is 600. The average Bonchev–Trinajstić information content (AvgIpc) is 2.59. The molecule has 1 atom stereocenters. The fraction of sp³-hybridized carbons (Fsp3) is 0.421. The van der Waals surface area contributed by atoms with Crippen LogP contribution in [-0.2, 0) is 19.3 Å². The molecule has 1 aliphatic rings. The quantitative estimate of drug-likeness (QED) is 0.817. The fourth-order valence-corrected chi connectivity index (χ4v) is 4.15. The number of thioether (sulfide) groups is 1. The fourth-order valence-electron chi connectivity index (χ4n) is 3.03. The molecule has 1 aliphatic carbocycles. The van der Waals surface area contributed by atoms with E-state index in [0.29, 0.717) is 0 Å².